The summed E-state index contributed by atoms with van der Waals surface area (Å²) < 4.78 is 13.7. The third-order valence-corrected chi connectivity index (χ3v) is 4.63. The molecule has 0 aliphatic heterocycles. The summed E-state index contributed by atoms with van der Waals surface area (Å²) in [7, 11) is 0. The molecule has 29 heavy (non-hydrogen) atoms. The molecule has 0 radical (unpaired) electrons. The van der Waals surface area contributed by atoms with Gasteiger partial charge >= 0.3 is 0 Å². The number of halogens is 1. The Bertz CT molecular complexity index is 1020. The summed E-state index contributed by atoms with van der Waals surface area (Å²) in [5.74, 6) is -1.05. The maximum Gasteiger partial charge on any atom is 0.258 e. The van der Waals surface area contributed by atoms with Gasteiger partial charge in [-0.05, 0) is 68.0 Å². The van der Waals surface area contributed by atoms with Gasteiger partial charge in [0.05, 0.1) is 11.6 Å². The molecule has 3 N–H and O–H groups in total. The fraction of sp³-hybridized carbons (Fsp3) is 0.130. The topological polar surface area (TPSA) is 53.2 Å². The lowest BCUT2D eigenvalue weighted by atomic mass is 10.1. The molecule has 0 spiro atoms. The molecule has 1 unspecified atom stereocenters. The van der Waals surface area contributed by atoms with Crippen LogP contribution < -0.4 is 16.0 Å². The summed E-state index contributed by atoms with van der Waals surface area (Å²) in [4.78, 5) is 12.2. The first-order valence-corrected chi connectivity index (χ1v) is 9.63. The van der Waals surface area contributed by atoms with Gasteiger partial charge in [0, 0.05) is 11.4 Å². The van der Waals surface area contributed by atoms with Crippen molar-refractivity contribution in [3.05, 3.63) is 95.3 Å². The number of rotatable bonds is 5. The van der Waals surface area contributed by atoms with E-state index in [1.807, 2.05) is 13.0 Å². The van der Waals surface area contributed by atoms with E-state index in [2.05, 4.69) is 41.1 Å². The number of anilines is 2. The lowest BCUT2D eigenvalue weighted by molar-refractivity contribution is 0.102. The van der Waals surface area contributed by atoms with Gasteiger partial charge in [-0.15, -0.1) is 0 Å². The van der Waals surface area contributed by atoms with Crippen LogP contribution in [0.1, 0.15) is 34.5 Å². The van der Waals surface area contributed by atoms with Gasteiger partial charge in [0.25, 0.3) is 5.91 Å². The van der Waals surface area contributed by atoms with Gasteiger partial charge in [-0.3, -0.25) is 4.79 Å². The number of thiocarbonyl (C=S) groups is 1. The van der Waals surface area contributed by atoms with Crippen molar-refractivity contribution in [3.63, 3.8) is 0 Å². The molecule has 0 fully saturated rings. The fourth-order valence-electron chi connectivity index (χ4n) is 2.87. The summed E-state index contributed by atoms with van der Waals surface area (Å²) in [6.45, 7) is 4.10. The van der Waals surface area contributed by atoms with E-state index in [1.54, 1.807) is 36.4 Å². The van der Waals surface area contributed by atoms with E-state index < -0.39 is 11.7 Å². The predicted octanol–water partition coefficient (Wildman–Crippen LogP) is 5.43. The van der Waals surface area contributed by atoms with Crippen LogP contribution in [-0.2, 0) is 0 Å². The van der Waals surface area contributed by atoms with Crippen LogP contribution >= 0.6 is 12.2 Å². The Kier molecular flexibility index (Phi) is 6.57. The smallest absolute Gasteiger partial charge is 0.258 e. The summed E-state index contributed by atoms with van der Waals surface area (Å²) in [5.41, 5.74) is 3.70. The highest BCUT2D eigenvalue weighted by atomic mass is 32.1. The summed E-state index contributed by atoms with van der Waals surface area (Å²) in [6, 6.07) is 21.2. The van der Waals surface area contributed by atoms with Crippen LogP contribution in [0, 0.1) is 12.7 Å². The molecule has 1 atom stereocenters. The van der Waals surface area contributed by atoms with Crippen molar-refractivity contribution >= 4 is 34.6 Å². The normalized spacial score (nSPS) is 11.4. The zero-order valence-electron chi connectivity index (χ0n) is 16.2. The number of carbonyl (C=O) groups is 1. The number of amides is 1. The molecule has 0 heterocycles. The standard InChI is InChI=1S/C23H22FN3OS/c1-15-6-5-7-17(14-15)16(2)25-23(29)27-19-12-10-18(11-13-19)26-22(28)20-8-3-4-9-21(20)24/h3-14,16H,1-2H3,(H,26,28)(H2,25,27,29). The molecule has 0 aromatic heterocycles. The quantitative estimate of drug-likeness (QED) is 0.494. The fourth-order valence-corrected chi connectivity index (χ4v) is 3.16. The van der Waals surface area contributed by atoms with Gasteiger partial charge in [-0.2, -0.15) is 0 Å². The van der Waals surface area contributed by atoms with E-state index in [0.717, 1.165) is 11.3 Å². The van der Waals surface area contributed by atoms with Gasteiger partial charge in [-0.25, -0.2) is 4.39 Å². The molecule has 4 nitrogen and oxygen atoms in total. The van der Waals surface area contributed by atoms with E-state index in [0.29, 0.717) is 10.8 Å². The average molecular weight is 408 g/mol. The van der Waals surface area contributed by atoms with Crippen molar-refractivity contribution in [3.8, 4) is 0 Å². The second-order valence-corrected chi connectivity index (χ2v) is 7.15. The van der Waals surface area contributed by atoms with Gasteiger partial charge < -0.3 is 16.0 Å². The second kappa shape index (κ2) is 9.30. The average Bonchev–Trinajstić information content (AvgIpc) is 2.69. The molecule has 0 saturated heterocycles. The molecule has 1 amide bonds. The maximum atomic E-state index is 13.7. The number of hydrogen-bond acceptors (Lipinski definition) is 2. The number of nitrogens with one attached hydrogen (secondary N) is 3. The first-order valence-electron chi connectivity index (χ1n) is 9.22. The van der Waals surface area contributed by atoms with Crippen LogP contribution in [-0.4, -0.2) is 11.0 Å². The van der Waals surface area contributed by atoms with Crippen LogP contribution in [0.25, 0.3) is 0 Å². The Morgan fingerprint density at radius 3 is 2.24 bits per heavy atom. The Morgan fingerprint density at radius 1 is 0.931 bits per heavy atom. The van der Waals surface area contributed by atoms with Crippen molar-refractivity contribution in [1.82, 2.24) is 5.32 Å². The minimum Gasteiger partial charge on any atom is -0.356 e. The van der Waals surface area contributed by atoms with Gasteiger partial charge in [0.1, 0.15) is 5.82 Å². The molecule has 0 aliphatic carbocycles. The third kappa shape index (κ3) is 5.62. The predicted molar refractivity (Wildman–Crippen MR) is 120 cm³/mol. The van der Waals surface area contributed by atoms with Crippen LogP contribution in [0.4, 0.5) is 15.8 Å². The summed E-state index contributed by atoms with van der Waals surface area (Å²) >= 11 is 5.39. The van der Waals surface area contributed by atoms with Crippen LogP contribution in [0.5, 0.6) is 0 Å². The molecule has 148 valence electrons. The van der Waals surface area contributed by atoms with Gasteiger partial charge in [0.2, 0.25) is 0 Å². The number of hydrogen-bond donors (Lipinski definition) is 3. The Hall–Kier alpha value is -3.25. The van der Waals surface area contributed by atoms with Gasteiger partial charge in [-0.1, -0.05) is 42.0 Å². The lowest BCUT2D eigenvalue weighted by Crippen LogP contribution is -2.30. The highest BCUT2D eigenvalue weighted by molar-refractivity contribution is 7.80. The Balaban J connectivity index is 1.56. The SMILES string of the molecule is Cc1cccc(C(C)NC(=S)Nc2ccc(NC(=O)c3ccccc3F)cc2)c1. The zero-order valence-corrected chi connectivity index (χ0v) is 17.0. The molecule has 3 rings (SSSR count). The van der Waals surface area contributed by atoms with Crippen LogP contribution in [0.3, 0.4) is 0 Å². The molecular weight excluding hydrogens is 385 g/mol. The minimum atomic E-state index is -0.553. The molecule has 3 aromatic carbocycles. The monoisotopic (exact) mass is 407 g/mol. The first kappa shape index (κ1) is 20.5. The van der Waals surface area contributed by atoms with Crippen molar-refractivity contribution in [2.45, 2.75) is 19.9 Å². The molecule has 0 bridgehead atoms. The molecule has 0 aliphatic rings. The largest absolute Gasteiger partial charge is 0.356 e. The maximum absolute atomic E-state index is 13.7. The molecule has 3 aromatic rings. The summed E-state index contributed by atoms with van der Waals surface area (Å²) in [5, 5.41) is 9.57. The van der Waals surface area contributed by atoms with Crippen LogP contribution in [0.2, 0.25) is 0 Å². The van der Waals surface area contributed by atoms with E-state index >= 15 is 0 Å². The van der Waals surface area contributed by atoms with Crippen molar-refractivity contribution in [2.75, 3.05) is 10.6 Å². The lowest BCUT2D eigenvalue weighted by Gasteiger charge is -2.18. The van der Waals surface area contributed by atoms with Crippen molar-refractivity contribution in [1.29, 1.82) is 0 Å². The molecular formula is C23H22FN3OS. The number of carbonyl (C=O) groups excluding carboxylic acids is 1. The van der Waals surface area contributed by atoms with Crippen molar-refractivity contribution in [2.24, 2.45) is 0 Å². The number of aryl methyl sites for hydroxylation is 1. The third-order valence-electron chi connectivity index (χ3n) is 4.41. The Labute approximate surface area is 175 Å². The van der Waals surface area contributed by atoms with E-state index in [9.17, 15) is 9.18 Å². The molecule has 0 saturated carbocycles. The first-order chi connectivity index (χ1) is 13.9. The minimum absolute atomic E-state index is 0.00483. The highest BCUT2D eigenvalue weighted by Gasteiger charge is 2.11. The van der Waals surface area contributed by atoms with E-state index in [4.69, 9.17) is 12.2 Å². The number of benzene rings is 3. The molecule has 6 heteroatoms. The van der Waals surface area contributed by atoms with Gasteiger partial charge in [0.15, 0.2) is 5.11 Å². The Morgan fingerprint density at radius 2 is 1.59 bits per heavy atom. The van der Waals surface area contributed by atoms with E-state index in [1.165, 1.54) is 17.7 Å². The zero-order chi connectivity index (χ0) is 20.8. The highest BCUT2D eigenvalue weighted by Crippen LogP contribution is 2.17. The van der Waals surface area contributed by atoms with Crippen LogP contribution in [0.15, 0.2) is 72.8 Å². The van der Waals surface area contributed by atoms with E-state index in [-0.39, 0.29) is 11.6 Å². The van der Waals surface area contributed by atoms with Crippen molar-refractivity contribution < 1.29 is 9.18 Å². The second-order valence-electron chi connectivity index (χ2n) is 6.75. The summed E-state index contributed by atoms with van der Waals surface area (Å²) in [6.07, 6.45) is 0.